The number of nitrogens with zero attached hydrogens (tertiary/aromatic N) is 1. The van der Waals surface area contributed by atoms with Crippen LogP contribution in [0.25, 0.3) is 0 Å². The van der Waals surface area contributed by atoms with Crippen LogP contribution in [0.2, 0.25) is 0 Å². The molecule has 0 aliphatic heterocycles. The number of alkyl halides is 4. The first-order chi connectivity index (χ1) is 5.54. The molecule has 2 nitrogen and oxygen atoms in total. The molecule has 0 aliphatic rings. The third-order valence-corrected chi connectivity index (χ3v) is 2.32. The molecule has 0 aliphatic carbocycles. The lowest BCUT2D eigenvalue weighted by Crippen LogP contribution is -1.89. The number of nitrogens with one attached hydrogen (secondary N) is 1. The second-order valence-electron chi connectivity index (χ2n) is 1.94. The van der Waals surface area contributed by atoms with Crippen molar-refractivity contribution in [3.8, 4) is 0 Å². The van der Waals surface area contributed by atoms with Crippen molar-refractivity contribution >= 4 is 22.6 Å². The number of aromatic amines is 1. The monoisotopic (exact) mass is 294 g/mol. The van der Waals surface area contributed by atoms with Crippen LogP contribution in [-0.4, -0.2) is 10.2 Å². The number of hydrogen-bond donors (Lipinski definition) is 1. The summed E-state index contributed by atoms with van der Waals surface area (Å²) in [6, 6.07) is 0. The Morgan fingerprint density at radius 3 is 2.00 bits per heavy atom. The minimum Gasteiger partial charge on any atom is -0.275 e. The lowest BCUT2D eigenvalue weighted by Gasteiger charge is -1.95. The number of hydrogen-bond acceptors (Lipinski definition) is 1. The highest BCUT2D eigenvalue weighted by Gasteiger charge is 2.23. The van der Waals surface area contributed by atoms with Gasteiger partial charge < -0.3 is 0 Å². The van der Waals surface area contributed by atoms with Gasteiger partial charge in [0.15, 0.2) is 0 Å². The zero-order valence-corrected chi connectivity index (χ0v) is 7.65. The van der Waals surface area contributed by atoms with Crippen LogP contribution in [0.3, 0.4) is 0 Å². The van der Waals surface area contributed by atoms with Gasteiger partial charge in [0.1, 0.15) is 11.4 Å². The molecular formula is C5H3F4IN2. The molecule has 0 bridgehead atoms. The second-order valence-corrected chi connectivity index (χ2v) is 3.02. The first kappa shape index (κ1) is 9.75. The van der Waals surface area contributed by atoms with Gasteiger partial charge in [0, 0.05) is 0 Å². The molecule has 12 heavy (non-hydrogen) atoms. The molecule has 0 amide bonds. The lowest BCUT2D eigenvalue weighted by atomic mass is 10.4. The summed E-state index contributed by atoms with van der Waals surface area (Å²) in [5.41, 5.74) is -1.17. The quantitative estimate of drug-likeness (QED) is 0.659. The SMILES string of the molecule is FC(F)c1n[nH]c(C(F)F)c1I. The van der Waals surface area contributed by atoms with E-state index in [-0.39, 0.29) is 3.57 Å². The van der Waals surface area contributed by atoms with Gasteiger partial charge in [-0.1, -0.05) is 0 Å². The summed E-state index contributed by atoms with van der Waals surface area (Å²) in [5, 5.41) is 4.94. The smallest absolute Gasteiger partial charge is 0.275 e. The van der Waals surface area contributed by atoms with Crippen molar-refractivity contribution < 1.29 is 17.6 Å². The molecule has 0 saturated carbocycles. The van der Waals surface area contributed by atoms with E-state index >= 15 is 0 Å². The van der Waals surface area contributed by atoms with E-state index in [1.165, 1.54) is 22.6 Å². The fraction of sp³-hybridized carbons (Fsp3) is 0.400. The summed E-state index contributed by atoms with van der Waals surface area (Å²) in [6.07, 6.45) is -5.61. The summed E-state index contributed by atoms with van der Waals surface area (Å²) in [7, 11) is 0. The molecule has 0 spiro atoms. The highest BCUT2D eigenvalue weighted by Crippen LogP contribution is 2.29. The summed E-state index contributed by atoms with van der Waals surface area (Å²) in [4.78, 5) is 0. The molecule has 1 N–H and O–H groups in total. The number of halogens is 5. The zero-order chi connectivity index (χ0) is 9.30. The van der Waals surface area contributed by atoms with Gasteiger partial charge in [-0.15, -0.1) is 0 Å². The molecule has 7 heteroatoms. The molecule has 0 unspecified atom stereocenters. The maximum absolute atomic E-state index is 12.0. The van der Waals surface area contributed by atoms with Gasteiger partial charge in [0.2, 0.25) is 0 Å². The third kappa shape index (κ3) is 1.70. The summed E-state index contributed by atoms with van der Waals surface area (Å²) in [6.45, 7) is 0. The largest absolute Gasteiger partial charge is 0.283 e. The van der Waals surface area contributed by atoms with E-state index in [1.807, 2.05) is 5.10 Å². The molecule has 0 fully saturated rings. The third-order valence-electron chi connectivity index (χ3n) is 1.18. The Bertz CT molecular complexity index is 247. The molecule has 1 heterocycles. The Kier molecular flexibility index (Phi) is 2.91. The van der Waals surface area contributed by atoms with Crippen LogP contribution < -0.4 is 0 Å². The fourth-order valence-corrected chi connectivity index (χ4v) is 1.36. The summed E-state index contributed by atoms with van der Waals surface area (Å²) >= 11 is 1.41. The van der Waals surface area contributed by atoms with Crippen molar-refractivity contribution in [2.24, 2.45) is 0 Å². The molecule has 0 radical (unpaired) electrons. The van der Waals surface area contributed by atoms with E-state index in [0.29, 0.717) is 0 Å². The Morgan fingerprint density at radius 2 is 1.75 bits per heavy atom. The lowest BCUT2D eigenvalue weighted by molar-refractivity contribution is 0.142. The van der Waals surface area contributed by atoms with E-state index in [1.54, 1.807) is 0 Å². The first-order valence-electron chi connectivity index (χ1n) is 2.84. The summed E-state index contributed by atoms with van der Waals surface area (Å²) < 4.78 is 47.7. The average molecular weight is 294 g/mol. The van der Waals surface area contributed by atoms with E-state index in [4.69, 9.17) is 0 Å². The van der Waals surface area contributed by atoms with Gasteiger partial charge in [-0.25, -0.2) is 17.6 Å². The normalized spacial score (nSPS) is 11.6. The molecule has 1 aromatic rings. The van der Waals surface area contributed by atoms with Crippen molar-refractivity contribution in [2.45, 2.75) is 12.9 Å². The van der Waals surface area contributed by atoms with Crippen LogP contribution in [0.15, 0.2) is 0 Å². The molecule has 0 saturated heterocycles. The van der Waals surface area contributed by atoms with E-state index in [0.717, 1.165) is 0 Å². The van der Waals surface area contributed by atoms with Crippen LogP contribution in [0.4, 0.5) is 17.6 Å². The predicted molar refractivity (Wildman–Crippen MR) is 41.2 cm³/mol. The Balaban J connectivity index is 3.04. The average Bonchev–Trinajstić information content (AvgIpc) is 2.30. The van der Waals surface area contributed by atoms with Gasteiger partial charge in [-0.3, -0.25) is 5.10 Å². The molecule has 0 atom stereocenters. The van der Waals surface area contributed by atoms with Crippen molar-refractivity contribution in [3.05, 3.63) is 15.0 Å². The maximum Gasteiger partial charge on any atom is 0.283 e. The number of rotatable bonds is 2. The zero-order valence-electron chi connectivity index (χ0n) is 5.49. The van der Waals surface area contributed by atoms with Gasteiger partial charge in [-0.2, -0.15) is 5.10 Å². The highest BCUT2D eigenvalue weighted by atomic mass is 127. The van der Waals surface area contributed by atoms with Crippen molar-refractivity contribution in [3.63, 3.8) is 0 Å². The van der Waals surface area contributed by atoms with Crippen LogP contribution in [0.5, 0.6) is 0 Å². The van der Waals surface area contributed by atoms with Crippen molar-refractivity contribution in [2.75, 3.05) is 0 Å². The number of aromatic nitrogens is 2. The van der Waals surface area contributed by atoms with Crippen LogP contribution in [0.1, 0.15) is 24.2 Å². The van der Waals surface area contributed by atoms with Crippen LogP contribution >= 0.6 is 22.6 Å². The van der Waals surface area contributed by atoms with Crippen LogP contribution in [0, 0.1) is 3.57 Å². The van der Waals surface area contributed by atoms with Crippen LogP contribution in [-0.2, 0) is 0 Å². The van der Waals surface area contributed by atoms with E-state index in [9.17, 15) is 17.6 Å². The number of H-pyrrole nitrogens is 1. The van der Waals surface area contributed by atoms with Gasteiger partial charge >= 0.3 is 0 Å². The first-order valence-corrected chi connectivity index (χ1v) is 3.92. The fourth-order valence-electron chi connectivity index (χ4n) is 0.646. The Hall–Kier alpha value is -0.340. The standard InChI is InChI=1S/C5H3F4IN2/c6-4(7)2-1(10)3(5(8)9)12-11-2/h4-5H,(H,11,12). The molecular weight excluding hydrogens is 291 g/mol. The molecule has 1 rings (SSSR count). The van der Waals surface area contributed by atoms with E-state index < -0.39 is 24.2 Å². The molecule has 68 valence electrons. The minimum atomic E-state index is -2.82. The Labute approximate surface area is 78.5 Å². The maximum atomic E-state index is 12.0. The van der Waals surface area contributed by atoms with Gasteiger partial charge in [0.05, 0.1) is 3.57 Å². The predicted octanol–water partition coefficient (Wildman–Crippen LogP) is 2.89. The Morgan fingerprint density at radius 1 is 1.17 bits per heavy atom. The van der Waals surface area contributed by atoms with Crippen molar-refractivity contribution in [1.29, 1.82) is 0 Å². The molecule has 1 aromatic heterocycles. The van der Waals surface area contributed by atoms with Crippen molar-refractivity contribution in [1.82, 2.24) is 10.2 Å². The highest BCUT2D eigenvalue weighted by molar-refractivity contribution is 14.1. The van der Waals surface area contributed by atoms with Gasteiger partial charge in [-0.05, 0) is 22.6 Å². The topological polar surface area (TPSA) is 28.7 Å². The van der Waals surface area contributed by atoms with E-state index in [2.05, 4.69) is 5.10 Å². The minimum absolute atomic E-state index is 0.197. The summed E-state index contributed by atoms with van der Waals surface area (Å²) in [5.74, 6) is 0. The second kappa shape index (κ2) is 3.58. The molecule has 0 aromatic carbocycles. The van der Waals surface area contributed by atoms with Gasteiger partial charge in [0.25, 0.3) is 12.9 Å².